The second kappa shape index (κ2) is 7.82. The van der Waals surface area contributed by atoms with Crippen LogP contribution in [0.4, 0.5) is 0 Å². The first-order valence-electron chi connectivity index (χ1n) is 8.89. The van der Waals surface area contributed by atoms with Crippen molar-refractivity contribution < 1.29 is 9.47 Å². The molecule has 0 atom stereocenters. The van der Waals surface area contributed by atoms with Crippen molar-refractivity contribution in [3.8, 4) is 44.2 Å². The van der Waals surface area contributed by atoms with Crippen molar-refractivity contribution in [2.24, 2.45) is 0 Å². The SMILES string of the molecule is COc1cc(-c2sncc2-c2ccc(-c3ccncc3)cc2)cc(OC)c1C. The predicted octanol–water partition coefficient (Wildman–Crippen LogP) is 5.86. The molecule has 0 saturated heterocycles. The second-order valence-corrected chi connectivity index (χ2v) is 7.19. The number of pyridine rings is 1. The number of benzene rings is 2. The van der Waals surface area contributed by atoms with Gasteiger partial charge in [0.15, 0.2) is 0 Å². The normalized spacial score (nSPS) is 10.7. The molecule has 0 radical (unpaired) electrons. The lowest BCUT2D eigenvalue weighted by Crippen LogP contribution is -1.93. The highest BCUT2D eigenvalue weighted by Crippen LogP contribution is 2.40. The van der Waals surface area contributed by atoms with Crippen LogP contribution in [0.3, 0.4) is 0 Å². The summed E-state index contributed by atoms with van der Waals surface area (Å²) < 4.78 is 15.5. The molecule has 2 heterocycles. The Balaban J connectivity index is 1.74. The molecule has 28 heavy (non-hydrogen) atoms. The molecule has 0 aliphatic heterocycles. The zero-order valence-corrected chi connectivity index (χ0v) is 16.8. The minimum absolute atomic E-state index is 0.807. The molecule has 0 amide bonds. The quantitative estimate of drug-likeness (QED) is 0.429. The maximum atomic E-state index is 5.54. The van der Waals surface area contributed by atoms with Crippen molar-refractivity contribution in [3.05, 3.63) is 72.7 Å². The third-order valence-electron chi connectivity index (χ3n) is 4.79. The maximum Gasteiger partial charge on any atom is 0.126 e. The Hall–Kier alpha value is -3.18. The predicted molar refractivity (Wildman–Crippen MR) is 114 cm³/mol. The number of ether oxygens (including phenoxy) is 2. The monoisotopic (exact) mass is 388 g/mol. The van der Waals surface area contributed by atoms with E-state index in [1.165, 1.54) is 11.5 Å². The van der Waals surface area contributed by atoms with Gasteiger partial charge < -0.3 is 9.47 Å². The van der Waals surface area contributed by atoms with Crippen LogP contribution < -0.4 is 9.47 Å². The van der Waals surface area contributed by atoms with E-state index in [0.717, 1.165) is 49.8 Å². The number of nitrogens with zero attached hydrogens (tertiary/aromatic N) is 2. The molecule has 0 spiro atoms. The number of aromatic nitrogens is 2. The van der Waals surface area contributed by atoms with Gasteiger partial charge in [0.2, 0.25) is 0 Å². The molecule has 4 nitrogen and oxygen atoms in total. The molecule has 0 aliphatic rings. The molecule has 4 aromatic rings. The molecule has 0 fully saturated rings. The van der Waals surface area contributed by atoms with Gasteiger partial charge in [-0.3, -0.25) is 4.98 Å². The van der Waals surface area contributed by atoms with Crippen molar-refractivity contribution in [2.45, 2.75) is 6.92 Å². The summed E-state index contributed by atoms with van der Waals surface area (Å²) in [6.07, 6.45) is 5.53. The van der Waals surface area contributed by atoms with Crippen LogP contribution in [0.2, 0.25) is 0 Å². The van der Waals surface area contributed by atoms with Gasteiger partial charge in [0, 0.05) is 35.3 Å². The highest BCUT2D eigenvalue weighted by Gasteiger charge is 2.15. The van der Waals surface area contributed by atoms with E-state index >= 15 is 0 Å². The fraction of sp³-hybridized carbons (Fsp3) is 0.130. The molecule has 0 saturated carbocycles. The largest absolute Gasteiger partial charge is 0.496 e. The standard InChI is InChI=1S/C23H20N2O2S/c1-15-21(26-2)12-19(13-22(15)27-3)23-20(14-25-28-23)18-6-4-16(5-7-18)17-8-10-24-11-9-17/h4-14H,1-3H3. The van der Waals surface area contributed by atoms with Gasteiger partial charge >= 0.3 is 0 Å². The van der Waals surface area contributed by atoms with Crippen molar-refractivity contribution >= 4 is 11.5 Å². The van der Waals surface area contributed by atoms with Crippen molar-refractivity contribution in [2.75, 3.05) is 14.2 Å². The number of rotatable bonds is 5. The third-order valence-corrected chi connectivity index (χ3v) is 5.64. The van der Waals surface area contributed by atoms with E-state index in [2.05, 4.69) is 33.6 Å². The van der Waals surface area contributed by atoms with Crippen LogP contribution in [-0.4, -0.2) is 23.6 Å². The summed E-state index contributed by atoms with van der Waals surface area (Å²) in [7, 11) is 3.36. The smallest absolute Gasteiger partial charge is 0.126 e. The molecule has 0 bridgehead atoms. The van der Waals surface area contributed by atoms with Crippen LogP contribution >= 0.6 is 11.5 Å². The summed E-state index contributed by atoms with van der Waals surface area (Å²) in [6, 6.07) is 16.6. The van der Waals surface area contributed by atoms with Gasteiger partial charge in [0.1, 0.15) is 11.5 Å². The van der Waals surface area contributed by atoms with Gasteiger partial charge in [-0.15, -0.1) is 0 Å². The van der Waals surface area contributed by atoms with Crippen LogP contribution in [0.1, 0.15) is 5.56 Å². The molecular formula is C23H20N2O2S. The summed E-state index contributed by atoms with van der Waals surface area (Å²) in [5, 5.41) is 0. The average molecular weight is 388 g/mol. The second-order valence-electron chi connectivity index (χ2n) is 6.39. The molecule has 5 heteroatoms. The van der Waals surface area contributed by atoms with Crippen LogP contribution in [0.5, 0.6) is 11.5 Å². The summed E-state index contributed by atoms with van der Waals surface area (Å²) in [5.74, 6) is 1.61. The van der Waals surface area contributed by atoms with Crippen molar-refractivity contribution in [1.29, 1.82) is 0 Å². The van der Waals surface area contributed by atoms with Gasteiger partial charge in [0.25, 0.3) is 0 Å². The fourth-order valence-electron chi connectivity index (χ4n) is 3.26. The lowest BCUT2D eigenvalue weighted by Gasteiger charge is -2.13. The van der Waals surface area contributed by atoms with E-state index in [1.54, 1.807) is 14.2 Å². The van der Waals surface area contributed by atoms with Crippen LogP contribution in [-0.2, 0) is 0 Å². The fourth-order valence-corrected chi connectivity index (χ4v) is 4.01. The van der Waals surface area contributed by atoms with E-state index in [0.29, 0.717) is 0 Å². The van der Waals surface area contributed by atoms with Gasteiger partial charge in [-0.05, 0) is 59.4 Å². The first-order chi connectivity index (χ1) is 13.7. The Bertz CT molecular complexity index is 1060. The van der Waals surface area contributed by atoms with Gasteiger partial charge in [-0.1, -0.05) is 24.3 Å². The van der Waals surface area contributed by atoms with Crippen LogP contribution in [0, 0.1) is 6.92 Å². The molecule has 4 rings (SSSR count). The van der Waals surface area contributed by atoms with E-state index < -0.39 is 0 Å². The Morgan fingerprint density at radius 2 is 1.32 bits per heavy atom. The number of hydrogen-bond donors (Lipinski definition) is 0. The highest BCUT2D eigenvalue weighted by molar-refractivity contribution is 7.10. The minimum Gasteiger partial charge on any atom is -0.496 e. The Morgan fingerprint density at radius 1 is 0.750 bits per heavy atom. The van der Waals surface area contributed by atoms with Crippen LogP contribution in [0.25, 0.3) is 32.7 Å². The van der Waals surface area contributed by atoms with Crippen molar-refractivity contribution in [3.63, 3.8) is 0 Å². The van der Waals surface area contributed by atoms with E-state index in [4.69, 9.17) is 9.47 Å². The molecule has 0 unspecified atom stereocenters. The third kappa shape index (κ3) is 3.37. The maximum absolute atomic E-state index is 5.54. The molecule has 2 aromatic carbocycles. The average Bonchev–Trinajstić information content (AvgIpc) is 3.24. The first kappa shape index (κ1) is 18.2. The molecule has 0 N–H and O–H groups in total. The number of methoxy groups -OCH3 is 2. The Kier molecular flexibility index (Phi) is 5.08. The van der Waals surface area contributed by atoms with Crippen LogP contribution in [0.15, 0.2) is 67.1 Å². The van der Waals surface area contributed by atoms with Gasteiger partial charge in [-0.2, -0.15) is 4.37 Å². The molecule has 140 valence electrons. The highest BCUT2D eigenvalue weighted by atomic mass is 32.1. The lowest BCUT2D eigenvalue weighted by atomic mass is 9.99. The zero-order valence-electron chi connectivity index (χ0n) is 16.0. The summed E-state index contributed by atoms with van der Waals surface area (Å²) in [5.41, 5.74) is 6.56. The van der Waals surface area contributed by atoms with Gasteiger partial charge in [-0.25, -0.2) is 0 Å². The summed E-state index contributed by atoms with van der Waals surface area (Å²) in [4.78, 5) is 5.17. The van der Waals surface area contributed by atoms with E-state index in [-0.39, 0.29) is 0 Å². The zero-order chi connectivity index (χ0) is 19.5. The lowest BCUT2D eigenvalue weighted by molar-refractivity contribution is 0.389. The molecule has 0 aliphatic carbocycles. The molecule has 2 aromatic heterocycles. The number of hydrogen-bond acceptors (Lipinski definition) is 5. The van der Waals surface area contributed by atoms with E-state index in [1.807, 2.05) is 49.8 Å². The summed E-state index contributed by atoms with van der Waals surface area (Å²) in [6.45, 7) is 1.99. The summed E-state index contributed by atoms with van der Waals surface area (Å²) >= 11 is 1.47. The van der Waals surface area contributed by atoms with Crippen molar-refractivity contribution in [1.82, 2.24) is 9.36 Å². The Morgan fingerprint density at radius 3 is 1.93 bits per heavy atom. The first-order valence-corrected chi connectivity index (χ1v) is 9.67. The Labute approximate surface area is 168 Å². The molecular weight excluding hydrogens is 368 g/mol. The topological polar surface area (TPSA) is 44.2 Å². The van der Waals surface area contributed by atoms with Gasteiger partial charge in [0.05, 0.1) is 19.1 Å². The minimum atomic E-state index is 0.807. The van der Waals surface area contributed by atoms with E-state index in [9.17, 15) is 0 Å².